The molecule has 9 nitrogen and oxygen atoms in total. The number of hydrogen-bond acceptors (Lipinski definition) is 7. The molecule has 1 saturated heterocycles. The van der Waals surface area contributed by atoms with Gasteiger partial charge >= 0.3 is 6.03 Å². The molecule has 0 saturated carbocycles. The van der Waals surface area contributed by atoms with Gasteiger partial charge in [-0.15, -0.1) is 0 Å². The van der Waals surface area contributed by atoms with E-state index in [1.165, 1.54) is 7.11 Å². The molecule has 9 heteroatoms. The predicted molar refractivity (Wildman–Crippen MR) is 174 cm³/mol. The third-order valence-electron chi connectivity index (χ3n) is 7.95. The molecular weight excluding hydrogens is 556 g/mol. The molecule has 3 aromatic carbocycles. The first-order chi connectivity index (χ1) is 21.2. The fraction of sp³-hybridized carbons (Fsp3) is 0.371. The Balaban J connectivity index is 1.39. The SMILES string of the molecule is COc1c(CC(O)CO)cc(C(C)(C)C)cc1NC(=O)Nc1ccc(-c2ccc(CN3CCOCC3)nc2)c2ccccc12. The van der Waals surface area contributed by atoms with Crippen molar-refractivity contribution in [1.29, 1.82) is 0 Å². The highest BCUT2D eigenvalue weighted by molar-refractivity contribution is 6.10. The molecule has 232 valence electrons. The molecule has 4 N–H and O–H groups in total. The van der Waals surface area contributed by atoms with Gasteiger partial charge in [0.1, 0.15) is 5.75 Å². The second kappa shape index (κ2) is 13.7. The lowest BCUT2D eigenvalue weighted by molar-refractivity contribution is 0.0336. The fourth-order valence-corrected chi connectivity index (χ4v) is 5.53. The minimum absolute atomic E-state index is 0.190. The minimum Gasteiger partial charge on any atom is -0.494 e. The van der Waals surface area contributed by atoms with Crippen LogP contribution in [0.5, 0.6) is 5.75 Å². The van der Waals surface area contributed by atoms with Crippen LogP contribution in [0.3, 0.4) is 0 Å². The van der Waals surface area contributed by atoms with E-state index in [9.17, 15) is 15.0 Å². The van der Waals surface area contributed by atoms with Crippen LogP contribution in [0, 0.1) is 0 Å². The van der Waals surface area contributed by atoms with Crippen LogP contribution in [-0.4, -0.2) is 72.3 Å². The average Bonchev–Trinajstić information content (AvgIpc) is 3.01. The van der Waals surface area contributed by atoms with E-state index >= 15 is 0 Å². The van der Waals surface area contributed by atoms with Crippen LogP contribution in [-0.2, 0) is 23.1 Å². The summed E-state index contributed by atoms with van der Waals surface area (Å²) in [6.45, 7) is 10.0. The first-order valence-corrected chi connectivity index (χ1v) is 15.0. The number of aliphatic hydroxyl groups excluding tert-OH is 2. The molecule has 1 fully saturated rings. The number of amides is 2. The number of pyridine rings is 1. The maximum absolute atomic E-state index is 13.4. The van der Waals surface area contributed by atoms with Crippen molar-refractivity contribution in [2.75, 3.05) is 50.7 Å². The second-order valence-electron chi connectivity index (χ2n) is 12.2. The standard InChI is InChI=1S/C35H42N4O5/c1-35(2,3)25-17-24(18-27(41)22-40)33(43-4)32(19-25)38-34(42)37-31-12-11-28(29-7-5-6-8-30(29)31)23-9-10-26(36-20-23)21-39-13-15-44-16-14-39/h5-12,17,19-20,27,40-41H,13-16,18,21-22H2,1-4H3,(H2,37,38,42). The summed E-state index contributed by atoms with van der Waals surface area (Å²) in [6.07, 6.45) is 1.16. The third-order valence-corrected chi connectivity index (χ3v) is 7.95. The molecule has 1 unspecified atom stereocenters. The first-order valence-electron chi connectivity index (χ1n) is 15.0. The molecule has 0 radical (unpaired) electrons. The van der Waals surface area contributed by atoms with Gasteiger partial charge in [-0.3, -0.25) is 9.88 Å². The average molecular weight is 599 g/mol. The van der Waals surface area contributed by atoms with E-state index in [1.54, 1.807) is 0 Å². The molecule has 1 aromatic heterocycles. The van der Waals surface area contributed by atoms with Crippen molar-refractivity contribution in [3.05, 3.63) is 83.7 Å². The summed E-state index contributed by atoms with van der Waals surface area (Å²) < 4.78 is 11.1. The Morgan fingerprint density at radius 2 is 1.75 bits per heavy atom. The molecule has 0 bridgehead atoms. The molecule has 1 aliphatic heterocycles. The van der Waals surface area contributed by atoms with E-state index in [2.05, 4.69) is 48.4 Å². The molecule has 1 aliphatic rings. The second-order valence-corrected chi connectivity index (χ2v) is 12.2. The number of aromatic nitrogens is 1. The summed E-state index contributed by atoms with van der Waals surface area (Å²) in [5.74, 6) is 0.449. The molecule has 2 heterocycles. The van der Waals surface area contributed by atoms with Crippen molar-refractivity contribution < 1.29 is 24.5 Å². The van der Waals surface area contributed by atoms with Gasteiger partial charge in [-0.05, 0) is 45.7 Å². The summed E-state index contributed by atoms with van der Waals surface area (Å²) in [4.78, 5) is 20.5. The lowest BCUT2D eigenvalue weighted by atomic mass is 9.85. The maximum Gasteiger partial charge on any atom is 0.323 e. The van der Waals surface area contributed by atoms with Gasteiger partial charge in [-0.1, -0.05) is 63.2 Å². The largest absolute Gasteiger partial charge is 0.494 e. The number of fused-ring (bicyclic) bond motifs is 1. The zero-order chi connectivity index (χ0) is 31.3. The summed E-state index contributed by atoms with van der Waals surface area (Å²) in [7, 11) is 1.53. The zero-order valence-electron chi connectivity index (χ0n) is 25.9. The van der Waals surface area contributed by atoms with Crippen LogP contribution in [0.15, 0.2) is 66.9 Å². The number of carbonyl (C=O) groups is 1. The van der Waals surface area contributed by atoms with E-state index in [0.29, 0.717) is 22.7 Å². The van der Waals surface area contributed by atoms with Gasteiger partial charge in [0.15, 0.2) is 0 Å². The van der Waals surface area contributed by atoms with Gasteiger partial charge < -0.3 is 30.3 Å². The molecule has 2 amide bonds. The zero-order valence-corrected chi connectivity index (χ0v) is 25.9. The Labute approximate surface area is 258 Å². The maximum atomic E-state index is 13.4. The van der Waals surface area contributed by atoms with Crippen molar-refractivity contribution in [2.45, 2.75) is 45.3 Å². The summed E-state index contributed by atoms with van der Waals surface area (Å²) >= 11 is 0. The first kappa shape index (κ1) is 31.4. The number of nitrogens with zero attached hydrogens (tertiary/aromatic N) is 2. The Morgan fingerprint density at radius 1 is 1.02 bits per heavy atom. The summed E-state index contributed by atoms with van der Waals surface area (Å²) in [5, 5.41) is 27.5. The van der Waals surface area contributed by atoms with Crippen molar-refractivity contribution in [1.82, 2.24) is 9.88 Å². The quantitative estimate of drug-likeness (QED) is 0.199. The Bertz CT molecular complexity index is 1590. The minimum atomic E-state index is -0.943. The van der Waals surface area contributed by atoms with Crippen molar-refractivity contribution in [3.63, 3.8) is 0 Å². The van der Waals surface area contributed by atoms with Gasteiger partial charge in [-0.2, -0.15) is 0 Å². The van der Waals surface area contributed by atoms with Crippen LogP contribution in [0.4, 0.5) is 16.2 Å². The number of benzene rings is 3. The number of carbonyl (C=O) groups excluding carboxylic acids is 1. The van der Waals surface area contributed by atoms with Crippen LogP contribution in [0.25, 0.3) is 21.9 Å². The Hall–Kier alpha value is -4.02. The van der Waals surface area contributed by atoms with Crippen LogP contribution >= 0.6 is 0 Å². The lowest BCUT2D eigenvalue weighted by Crippen LogP contribution is -2.35. The highest BCUT2D eigenvalue weighted by atomic mass is 16.5. The van der Waals surface area contributed by atoms with Gasteiger partial charge in [-0.25, -0.2) is 4.79 Å². The number of aliphatic hydroxyl groups is 2. The number of hydrogen-bond donors (Lipinski definition) is 4. The van der Waals surface area contributed by atoms with E-state index in [-0.39, 0.29) is 18.4 Å². The predicted octanol–water partition coefficient (Wildman–Crippen LogP) is 5.58. The lowest BCUT2D eigenvalue weighted by Gasteiger charge is -2.26. The van der Waals surface area contributed by atoms with Gasteiger partial charge in [0.05, 0.1) is 50.1 Å². The van der Waals surface area contributed by atoms with E-state index in [4.69, 9.17) is 14.5 Å². The van der Waals surface area contributed by atoms with Crippen molar-refractivity contribution >= 4 is 28.2 Å². The summed E-state index contributed by atoms with van der Waals surface area (Å²) in [5.41, 5.74) is 5.66. The van der Waals surface area contributed by atoms with Gasteiger partial charge in [0.25, 0.3) is 0 Å². The van der Waals surface area contributed by atoms with E-state index < -0.39 is 12.1 Å². The van der Waals surface area contributed by atoms with Crippen molar-refractivity contribution in [3.8, 4) is 16.9 Å². The molecule has 4 aromatic rings. The molecule has 0 aliphatic carbocycles. The molecule has 5 rings (SSSR count). The highest BCUT2D eigenvalue weighted by Gasteiger charge is 2.22. The number of ether oxygens (including phenoxy) is 2. The van der Waals surface area contributed by atoms with Gasteiger partial charge in [0, 0.05) is 43.2 Å². The fourth-order valence-electron chi connectivity index (χ4n) is 5.53. The highest BCUT2D eigenvalue weighted by Crippen LogP contribution is 2.37. The Morgan fingerprint density at radius 3 is 2.41 bits per heavy atom. The number of methoxy groups -OCH3 is 1. The third kappa shape index (κ3) is 7.36. The normalized spacial score (nSPS) is 14.8. The summed E-state index contributed by atoms with van der Waals surface area (Å²) in [6, 6.07) is 19.5. The number of anilines is 2. The van der Waals surface area contributed by atoms with Gasteiger partial charge in [0.2, 0.25) is 0 Å². The topological polar surface area (TPSA) is 116 Å². The van der Waals surface area contributed by atoms with Crippen LogP contribution < -0.4 is 15.4 Å². The Kier molecular flexibility index (Phi) is 9.80. The number of morpholine rings is 1. The molecule has 1 atom stereocenters. The van der Waals surface area contributed by atoms with Crippen LogP contribution in [0.1, 0.15) is 37.6 Å². The van der Waals surface area contributed by atoms with Crippen molar-refractivity contribution in [2.24, 2.45) is 0 Å². The number of nitrogens with one attached hydrogen (secondary N) is 2. The van der Waals surface area contributed by atoms with E-state index in [0.717, 1.165) is 66.0 Å². The van der Waals surface area contributed by atoms with E-state index in [1.807, 2.05) is 54.7 Å². The number of rotatable bonds is 9. The monoisotopic (exact) mass is 598 g/mol. The molecule has 0 spiro atoms. The molecule has 44 heavy (non-hydrogen) atoms. The van der Waals surface area contributed by atoms with Crippen LogP contribution in [0.2, 0.25) is 0 Å². The molecular formula is C35H42N4O5. The smallest absolute Gasteiger partial charge is 0.323 e. The number of urea groups is 1.